The van der Waals surface area contributed by atoms with Crippen LogP contribution < -0.4 is 4.90 Å². The minimum absolute atomic E-state index is 0.249. The van der Waals surface area contributed by atoms with Crippen LogP contribution in [0.5, 0.6) is 0 Å². The molecule has 0 saturated heterocycles. The lowest BCUT2D eigenvalue weighted by atomic mass is 10.0. The number of anilines is 1. The fourth-order valence-corrected chi connectivity index (χ4v) is 2.37. The van der Waals surface area contributed by atoms with Crippen molar-refractivity contribution in [2.24, 2.45) is 0 Å². The minimum Gasteiger partial charge on any atom is -0.366 e. The maximum Gasteiger partial charge on any atom is 0.0404 e. The zero-order chi connectivity index (χ0) is 11.1. The Morgan fingerprint density at radius 3 is 2.60 bits per heavy atom. The van der Waals surface area contributed by atoms with Gasteiger partial charge in [-0.1, -0.05) is 19.1 Å². The van der Waals surface area contributed by atoms with Gasteiger partial charge in [-0.25, -0.2) is 0 Å². The van der Waals surface area contributed by atoms with Crippen LogP contribution in [0.15, 0.2) is 18.2 Å². The van der Waals surface area contributed by atoms with Gasteiger partial charge in [0.1, 0.15) is 0 Å². The molecule has 82 valence electrons. The molecule has 0 N–H and O–H groups in total. The third-order valence-corrected chi connectivity index (χ3v) is 3.26. The van der Waals surface area contributed by atoms with Gasteiger partial charge in [0, 0.05) is 17.8 Å². The van der Waals surface area contributed by atoms with Crippen LogP contribution in [0.2, 0.25) is 0 Å². The largest absolute Gasteiger partial charge is 0.366 e. The van der Waals surface area contributed by atoms with E-state index >= 15 is 0 Å². The molecule has 1 aromatic carbocycles. The highest BCUT2D eigenvalue weighted by Gasteiger charge is 2.27. The van der Waals surface area contributed by atoms with Crippen LogP contribution >= 0.6 is 0 Å². The minimum atomic E-state index is 0.249. The zero-order valence-corrected chi connectivity index (χ0v) is 10.3. The first kappa shape index (κ1) is 10.5. The molecule has 0 radical (unpaired) electrons. The van der Waals surface area contributed by atoms with E-state index in [9.17, 15) is 0 Å². The van der Waals surface area contributed by atoms with Gasteiger partial charge in [-0.2, -0.15) is 0 Å². The van der Waals surface area contributed by atoms with Crippen molar-refractivity contribution in [2.45, 2.75) is 46.1 Å². The number of benzene rings is 1. The Bertz CT molecular complexity index is 360. The van der Waals surface area contributed by atoms with Crippen molar-refractivity contribution in [3.05, 3.63) is 29.3 Å². The third kappa shape index (κ3) is 1.88. The van der Waals surface area contributed by atoms with Crippen molar-refractivity contribution in [1.29, 1.82) is 0 Å². The van der Waals surface area contributed by atoms with Crippen molar-refractivity contribution in [1.82, 2.24) is 0 Å². The lowest BCUT2D eigenvalue weighted by Crippen LogP contribution is -2.40. The van der Waals surface area contributed by atoms with Crippen LogP contribution in [0.4, 0.5) is 5.69 Å². The van der Waals surface area contributed by atoms with Crippen molar-refractivity contribution in [3.8, 4) is 0 Å². The second kappa shape index (κ2) is 3.55. The third-order valence-electron chi connectivity index (χ3n) is 3.26. The molecule has 0 unspecified atom stereocenters. The second-order valence-corrected chi connectivity index (χ2v) is 5.39. The molecule has 0 bridgehead atoms. The molecule has 1 aliphatic heterocycles. The number of hydrogen-bond acceptors (Lipinski definition) is 1. The molecule has 0 fully saturated rings. The zero-order valence-electron chi connectivity index (χ0n) is 10.3. The maximum absolute atomic E-state index is 2.52. The van der Waals surface area contributed by atoms with Gasteiger partial charge in [0.15, 0.2) is 0 Å². The Kier molecular flexibility index (Phi) is 2.49. The summed E-state index contributed by atoms with van der Waals surface area (Å²) in [5.41, 5.74) is 4.69. The molecular weight excluding hydrogens is 182 g/mol. The van der Waals surface area contributed by atoms with Crippen molar-refractivity contribution in [2.75, 3.05) is 11.4 Å². The van der Waals surface area contributed by atoms with Crippen molar-refractivity contribution < 1.29 is 0 Å². The van der Waals surface area contributed by atoms with Gasteiger partial charge in [-0.3, -0.25) is 0 Å². The van der Waals surface area contributed by atoms with E-state index in [-0.39, 0.29) is 5.54 Å². The van der Waals surface area contributed by atoms with Crippen LogP contribution in [0.1, 0.15) is 38.8 Å². The highest BCUT2D eigenvalue weighted by Crippen LogP contribution is 2.34. The molecule has 0 spiro atoms. The number of hydrogen-bond donors (Lipinski definition) is 0. The molecule has 0 atom stereocenters. The van der Waals surface area contributed by atoms with Crippen LogP contribution in [0, 0.1) is 0 Å². The second-order valence-electron chi connectivity index (χ2n) is 5.39. The van der Waals surface area contributed by atoms with E-state index in [1.54, 1.807) is 0 Å². The summed E-state index contributed by atoms with van der Waals surface area (Å²) < 4.78 is 0. The Morgan fingerprint density at radius 2 is 2.00 bits per heavy atom. The van der Waals surface area contributed by atoms with Gasteiger partial charge >= 0.3 is 0 Å². The van der Waals surface area contributed by atoms with Crippen LogP contribution in [-0.2, 0) is 12.8 Å². The summed E-state index contributed by atoms with van der Waals surface area (Å²) in [4.78, 5) is 2.52. The summed E-state index contributed by atoms with van der Waals surface area (Å²) >= 11 is 0. The molecule has 1 aromatic rings. The first-order chi connectivity index (χ1) is 7.02. The van der Waals surface area contributed by atoms with E-state index in [4.69, 9.17) is 0 Å². The highest BCUT2D eigenvalue weighted by atomic mass is 15.2. The average Bonchev–Trinajstić information content (AvgIpc) is 2.59. The Labute approximate surface area is 93.1 Å². The Balaban J connectivity index is 2.36. The van der Waals surface area contributed by atoms with E-state index in [0.717, 1.165) is 6.42 Å². The number of aryl methyl sites for hydroxylation is 1. The van der Waals surface area contributed by atoms with Crippen LogP contribution in [-0.4, -0.2) is 12.1 Å². The van der Waals surface area contributed by atoms with Gasteiger partial charge in [-0.05, 0) is 50.8 Å². The molecule has 0 amide bonds. The van der Waals surface area contributed by atoms with Crippen LogP contribution in [0.3, 0.4) is 0 Å². The molecule has 1 heteroatoms. The molecular formula is C14H21N. The van der Waals surface area contributed by atoms with Gasteiger partial charge in [0.05, 0.1) is 0 Å². The first-order valence-corrected chi connectivity index (χ1v) is 5.92. The molecule has 1 aliphatic rings. The Morgan fingerprint density at radius 1 is 1.27 bits per heavy atom. The molecule has 1 heterocycles. The quantitative estimate of drug-likeness (QED) is 0.676. The van der Waals surface area contributed by atoms with E-state index in [0.29, 0.717) is 0 Å². The van der Waals surface area contributed by atoms with E-state index < -0.39 is 0 Å². The normalized spacial score (nSPS) is 15.6. The average molecular weight is 203 g/mol. The molecule has 0 aliphatic carbocycles. The van der Waals surface area contributed by atoms with Gasteiger partial charge in [0.25, 0.3) is 0 Å². The van der Waals surface area contributed by atoms with Crippen molar-refractivity contribution >= 4 is 5.69 Å². The lowest BCUT2D eigenvalue weighted by Gasteiger charge is -2.34. The summed E-state index contributed by atoms with van der Waals surface area (Å²) in [6.45, 7) is 10.3. The molecule has 2 rings (SSSR count). The lowest BCUT2D eigenvalue weighted by molar-refractivity contribution is 0.518. The number of fused-ring (bicyclic) bond motifs is 1. The van der Waals surface area contributed by atoms with Crippen molar-refractivity contribution in [3.63, 3.8) is 0 Å². The first-order valence-electron chi connectivity index (χ1n) is 5.92. The van der Waals surface area contributed by atoms with E-state index in [1.807, 2.05) is 0 Å². The predicted molar refractivity (Wildman–Crippen MR) is 66.6 cm³/mol. The highest BCUT2D eigenvalue weighted by molar-refractivity contribution is 5.60. The summed E-state index contributed by atoms with van der Waals surface area (Å²) in [7, 11) is 0. The van der Waals surface area contributed by atoms with E-state index in [1.165, 1.54) is 29.8 Å². The van der Waals surface area contributed by atoms with E-state index in [2.05, 4.69) is 50.8 Å². The summed E-state index contributed by atoms with van der Waals surface area (Å²) in [6, 6.07) is 6.94. The topological polar surface area (TPSA) is 3.24 Å². The summed E-state index contributed by atoms with van der Waals surface area (Å²) in [5.74, 6) is 0. The summed E-state index contributed by atoms with van der Waals surface area (Å²) in [5, 5.41) is 0. The number of rotatable bonds is 1. The summed E-state index contributed by atoms with van der Waals surface area (Å²) in [6.07, 6.45) is 2.35. The van der Waals surface area contributed by atoms with Crippen LogP contribution in [0.25, 0.3) is 0 Å². The molecule has 15 heavy (non-hydrogen) atoms. The van der Waals surface area contributed by atoms with Gasteiger partial charge in [-0.15, -0.1) is 0 Å². The molecule has 0 saturated carbocycles. The number of nitrogens with zero attached hydrogens (tertiary/aromatic N) is 1. The smallest absolute Gasteiger partial charge is 0.0404 e. The monoisotopic (exact) mass is 203 g/mol. The maximum atomic E-state index is 2.52. The fraction of sp³-hybridized carbons (Fsp3) is 0.571. The fourth-order valence-electron chi connectivity index (χ4n) is 2.37. The molecule has 1 nitrogen and oxygen atoms in total. The molecule has 0 aromatic heterocycles. The van der Waals surface area contributed by atoms with Gasteiger partial charge in [0.2, 0.25) is 0 Å². The Hall–Kier alpha value is -0.980. The SMILES string of the molecule is CCc1ccc2c(c1)CCN2C(C)(C)C. The predicted octanol–water partition coefficient (Wildman–Crippen LogP) is 3.41. The van der Waals surface area contributed by atoms with Gasteiger partial charge < -0.3 is 4.90 Å². The standard InChI is InChI=1S/C14H21N/c1-5-11-6-7-13-12(10-11)8-9-15(13)14(2,3)4/h6-7,10H,5,8-9H2,1-4H3.